The van der Waals surface area contributed by atoms with Gasteiger partial charge in [0.15, 0.2) is 4.87 Å². The molecule has 0 bridgehead atoms. The van der Waals surface area contributed by atoms with E-state index in [9.17, 15) is 4.79 Å². The topological polar surface area (TPSA) is 63.3 Å². The average molecular weight is 175 g/mol. The molecule has 3 nitrogen and oxygen atoms in total. The van der Waals surface area contributed by atoms with Crippen molar-refractivity contribution >= 4 is 17.7 Å². The molecule has 1 aliphatic rings. The highest BCUT2D eigenvalue weighted by Crippen LogP contribution is 2.39. The van der Waals surface area contributed by atoms with Crippen LogP contribution >= 0.6 is 11.8 Å². The fraction of sp³-hybridized carbons (Fsp3) is 0.857. The molecular formula is C7H13NO2S. The number of nitrogens with two attached hydrogens (primary N) is 1. The van der Waals surface area contributed by atoms with E-state index >= 15 is 0 Å². The Kier molecular flexibility index (Phi) is 2.44. The molecule has 11 heavy (non-hydrogen) atoms. The van der Waals surface area contributed by atoms with Crippen molar-refractivity contribution in [3.63, 3.8) is 0 Å². The van der Waals surface area contributed by atoms with Crippen molar-refractivity contribution in [3.8, 4) is 0 Å². The van der Waals surface area contributed by atoms with Gasteiger partial charge in [0.2, 0.25) is 0 Å². The summed E-state index contributed by atoms with van der Waals surface area (Å²) < 4.78 is 0. The SMILES string of the molecule is CSC(N)(CC1CC1)C(=O)O. The largest absolute Gasteiger partial charge is 0.479 e. The first-order chi connectivity index (χ1) is 5.08. The van der Waals surface area contributed by atoms with Crippen molar-refractivity contribution in [1.29, 1.82) is 0 Å². The molecule has 1 saturated carbocycles. The first-order valence-electron chi connectivity index (χ1n) is 3.66. The molecule has 0 spiro atoms. The van der Waals surface area contributed by atoms with E-state index in [2.05, 4.69) is 0 Å². The van der Waals surface area contributed by atoms with Crippen LogP contribution in [0, 0.1) is 5.92 Å². The molecule has 64 valence electrons. The zero-order valence-corrected chi connectivity index (χ0v) is 7.36. The summed E-state index contributed by atoms with van der Waals surface area (Å²) in [6.45, 7) is 0. The van der Waals surface area contributed by atoms with Crippen LogP contribution in [0.25, 0.3) is 0 Å². The van der Waals surface area contributed by atoms with E-state index in [1.165, 1.54) is 11.8 Å². The molecule has 4 heteroatoms. The van der Waals surface area contributed by atoms with Crippen molar-refractivity contribution in [2.75, 3.05) is 6.26 Å². The normalized spacial score (nSPS) is 22.7. The van der Waals surface area contributed by atoms with E-state index in [1.54, 1.807) is 6.26 Å². The third-order valence-corrected chi connectivity index (χ3v) is 3.08. The molecule has 1 rings (SSSR count). The van der Waals surface area contributed by atoms with Gasteiger partial charge in [0.1, 0.15) is 0 Å². The second-order valence-corrected chi connectivity index (χ2v) is 4.18. The van der Waals surface area contributed by atoms with Crippen molar-refractivity contribution in [2.24, 2.45) is 11.7 Å². The second kappa shape index (κ2) is 3.03. The minimum absolute atomic E-state index is 0.559. The fourth-order valence-electron chi connectivity index (χ4n) is 1.01. The van der Waals surface area contributed by atoms with Crippen LogP contribution in [0.15, 0.2) is 0 Å². The van der Waals surface area contributed by atoms with Gasteiger partial charge in [-0.15, -0.1) is 11.8 Å². The number of aliphatic carboxylic acids is 1. The Balaban J connectivity index is 2.49. The highest BCUT2D eigenvalue weighted by atomic mass is 32.2. The van der Waals surface area contributed by atoms with Gasteiger partial charge in [-0.25, -0.2) is 4.79 Å². The quantitative estimate of drug-likeness (QED) is 0.623. The van der Waals surface area contributed by atoms with Gasteiger partial charge in [0, 0.05) is 0 Å². The fourth-order valence-corrected chi connectivity index (χ4v) is 1.59. The summed E-state index contributed by atoms with van der Waals surface area (Å²) >= 11 is 1.23. The Morgan fingerprint density at radius 2 is 2.36 bits per heavy atom. The summed E-state index contributed by atoms with van der Waals surface area (Å²) in [7, 11) is 0. The summed E-state index contributed by atoms with van der Waals surface area (Å²) in [6, 6.07) is 0. The average Bonchev–Trinajstić information content (AvgIpc) is 2.71. The number of carboxylic acid groups (broad SMARTS) is 1. The molecule has 1 atom stereocenters. The Labute approximate surface area is 70.3 Å². The van der Waals surface area contributed by atoms with Gasteiger partial charge in [-0.3, -0.25) is 0 Å². The molecular weight excluding hydrogens is 162 g/mol. The smallest absolute Gasteiger partial charge is 0.334 e. The first kappa shape index (κ1) is 8.87. The first-order valence-corrected chi connectivity index (χ1v) is 4.88. The molecule has 0 aromatic heterocycles. The summed E-state index contributed by atoms with van der Waals surface area (Å²) in [6.07, 6.45) is 4.65. The molecule has 0 saturated heterocycles. The zero-order chi connectivity index (χ0) is 8.48. The lowest BCUT2D eigenvalue weighted by atomic mass is 10.1. The standard InChI is InChI=1S/C7H13NO2S/c1-11-7(8,6(9)10)4-5-2-3-5/h5H,2-4,8H2,1H3,(H,9,10). The lowest BCUT2D eigenvalue weighted by molar-refractivity contribution is -0.140. The molecule has 0 aliphatic heterocycles. The zero-order valence-electron chi connectivity index (χ0n) is 6.54. The third-order valence-electron chi connectivity index (χ3n) is 2.02. The van der Waals surface area contributed by atoms with Crippen LogP contribution in [0.5, 0.6) is 0 Å². The number of hydrogen-bond donors (Lipinski definition) is 2. The van der Waals surface area contributed by atoms with Gasteiger partial charge in [-0.2, -0.15) is 0 Å². The van der Waals surface area contributed by atoms with E-state index in [4.69, 9.17) is 10.8 Å². The van der Waals surface area contributed by atoms with Crippen LogP contribution in [0.1, 0.15) is 19.3 Å². The van der Waals surface area contributed by atoms with Crippen molar-refractivity contribution in [1.82, 2.24) is 0 Å². The maximum atomic E-state index is 10.7. The molecule has 0 heterocycles. The number of carboxylic acids is 1. The summed E-state index contributed by atoms with van der Waals surface area (Å²) in [4.78, 5) is 9.63. The molecule has 3 N–H and O–H groups in total. The van der Waals surface area contributed by atoms with E-state index in [1.807, 2.05) is 0 Å². The van der Waals surface area contributed by atoms with E-state index in [-0.39, 0.29) is 0 Å². The van der Waals surface area contributed by atoms with Crippen LogP contribution < -0.4 is 5.73 Å². The summed E-state index contributed by atoms with van der Waals surface area (Å²) in [5, 5.41) is 8.76. The molecule has 1 unspecified atom stereocenters. The third kappa shape index (κ3) is 2.10. The molecule has 1 fully saturated rings. The van der Waals surface area contributed by atoms with Gasteiger partial charge in [0.25, 0.3) is 0 Å². The van der Waals surface area contributed by atoms with Crippen molar-refractivity contribution in [3.05, 3.63) is 0 Å². The van der Waals surface area contributed by atoms with Gasteiger partial charge >= 0.3 is 5.97 Å². The lowest BCUT2D eigenvalue weighted by Crippen LogP contribution is -2.44. The van der Waals surface area contributed by atoms with Crippen LogP contribution in [0.3, 0.4) is 0 Å². The summed E-state index contributed by atoms with van der Waals surface area (Å²) in [5.41, 5.74) is 5.64. The molecule has 0 aromatic carbocycles. The second-order valence-electron chi connectivity index (χ2n) is 3.05. The highest BCUT2D eigenvalue weighted by Gasteiger charge is 2.39. The Morgan fingerprint density at radius 1 is 1.82 bits per heavy atom. The molecule has 0 aromatic rings. The number of hydrogen-bond acceptors (Lipinski definition) is 3. The van der Waals surface area contributed by atoms with E-state index in [0.29, 0.717) is 12.3 Å². The highest BCUT2D eigenvalue weighted by molar-refractivity contribution is 8.00. The van der Waals surface area contributed by atoms with Crippen LogP contribution in [0.4, 0.5) is 0 Å². The van der Waals surface area contributed by atoms with Gasteiger partial charge < -0.3 is 10.8 Å². The maximum Gasteiger partial charge on any atom is 0.334 e. The predicted octanol–water partition coefficient (Wildman–Crippen LogP) is 0.889. The van der Waals surface area contributed by atoms with E-state index in [0.717, 1.165) is 12.8 Å². The maximum absolute atomic E-state index is 10.7. The number of carbonyl (C=O) groups is 1. The van der Waals surface area contributed by atoms with Crippen LogP contribution in [0.2, 0.25) is 0 Å². The minimum Gasteiger partial charge on any atom is -0.479 e. The lowest BCUT2D eigenvalue weighted by Gasteiger charge is -2.21. The minimum atomic E-state index is -1.04. The Hall–Kier alpha value is -0.220. The molecule has 0 amide bonds. The van der Waals surface area contributed by atoms with Gasteiger partial charge in [-0.1, -0.05) is 12.8 Å². The van der Waals surface area contributed by atoms with Crippen molar-refractivity contribution < 1.29 is 9.90 Å². The number of thioether (sulfide) groups is 1. The van der Waals surface area contributed by atoms with E-state index < -0.39 is 10.8 Å². The monoisotopic (exact) mass is 175 g/mol. The predicted molar refractivity (Wildman–Crippen MR) is 45.4 cm³/mol. The van der Waals surface area contributed by atoms with Gasteiger partial charge in [0.05, 0.1) is 0 Å². The van der Waals surface area contributed by atoms with Crippen LogP contribution in [-0.4, -0.2) is 22.2 Å². The molecule has 1 aliphatic carbocycles. The Bertz CT molecular complexity index is 170. The molecule has 0 radical (unpaired) electrons. The summed E-state index contributed by atoms with van der Waals surface area (Å²) in [5.74, 6) is -0.333. The Morgan fingerprint density at radius 3 is 2.64 bits per heavy atom. The van der Waals surface area contributed by atoms with Gasteiger partial charge in [-0.05, 0) is 18.6 Å². The van der Waals surface area contributed by atoms with Crippen LogP contribution in [-0.2, 0) is 4.79 Å². The van der Waals surface area contributed by atoms with Crippen molar-refractivity contribution in [2.45, 2.75) is 24.1 Å². The number of rotatable bonds is 4.